The highest BCUT2D eigenvalue weighted by atomic mass is 35.5. The van der Waals surface area contributed by atoms with E-state index in [9.17, 15) is 17.6 Å². The molecule has 0 saturated carbocycles. The van der Waals surface area contributed by atoms with E-state index in [1.165, 1.54) is 41.7 Å². The van der Waals surface area contributed by atoms with E-state index in [4.69, 9.17) is 0 Å². The largest absolute Gasteiger partial charge is 0.302 e. The Balaban J connectivity index is 0.00000341. The Kier molecular flexibility index (Phi) is 8.53. The predicted octanol–water partition coefficient (Wildman–Crippen LogP) is 4.25. The van der Waals surface area contributed by atoms with Crippen molar-refractivity contribution < 1.29 is 17.6 Å². The fourth-order valence-corrected chi connectivity index (χ4v) is 4.80. The molecular weight excluding hydrogens is 461 g/mol. The number of anilines is 1. The van der Waals surface area contributed by atoms with Crippen molar-refractivity contribution in [3.63, 3.8) is 0 Å². The van der Waals surface area contributed by atoms with Crippen molar-refractivity contribution in [2.75, 3.05) is 37.3 Å². The van der Waals surface area contributed by atoms with Gasteiger partial charge in [0.2, 0.25) is 0 Å². The number of fused-ring (bicyclic) bond motifs is 1. The van der Waals surface area contributed by atoms with Crippen molar-refractivity contribution >= 4 is 54.8 Å². The summed E-state index contributed by atoms with van der Waals surface area (Å²) in [5.41, 5.74) is 0.995. The summed E-state index contributed by atoms with van der Waals surface area (Å²) in [6.07, 6.45) is 1.16. The molecule has 0 aliphatic rings. The van der Waals surface area contributed by atoms with Crippen LogP contribution in [0.2, 0.25) is 0 Å². The molecule has 3 aromatic rings. The van der Waals surface area contributed by atoms with Gasteiger partial charge in [-0.15, -0.1) is 12.4 Å². The minimum atomic E-state index is -3.34. The molecule has 1 aromatic heterocycles. The lowest BCUT2D eigenvalue weighted by atomic mass is 10.2. The zero-order chi connectivity index (χ0) is 21.9. The number of amides is 1. The van der Waals surface area contributed by atoms with Gasteiger partial charge in [-0.3, -0.25) is 9.69 Å². The lowest BCUT2D eigenvalue weighted by Crippen LogP contribution is -2.38. The number of benzene rings is 2. The molecule has 0 aliphatic heterocycles. The first-order valence-corrected chi connectivity index (χ1v) is 12.3. The van der Waals surface area contributed by atoms with Gasteiger partial charge in [0.25, 0.3) is 5.91 Å². The quantitative estimate of drug-likeness (QED) is 0.477. The SMILES string of the molecule is CCN(CC)CCN(C(=O)c1ccc(F)cc1)c1nc2ccc(S(C)(=O)=O)cc2s1.Cl. The molecule has 31 heavy (non-hydrogen) atoms. The van der Waals surface area contributed by atoms with Crippen molar-refractivity contribution in [1.29, 1.82) is 0 Å². The molecule has 0 atom stereocenters. The summed E-state index contributed by atoms with van der Waals surface area (Å²) >= 11 is 1.27. The topological polar surface area (TPSA) is 70.6 Å². The summed E-state index contributed by atoms with van der Waals surface area (Å²) in [4.78, 5) is 21.8. The van der Waals surface area contributed by atoms with Crippen LogP contribution in [0.15, 0.2) is 47.4 Å². The number of carbonyl (C=O) groups excluding carboxylic acids is 1. The maximum atomic E-state index is 13.3. The number of hydrogen-bond acceptors (Lipinski definition) is 6. The van der Waals surface area contributed by atoms with Crippen molar-refractivity contribution in [1.82, 2.24) is 9.88 Å². The molecule has 0 unspecified atom stereocenters. The van der Waals surface area contributed by atoms with Gasteiger partial charge in [-0.1, -0.05) is 25.2 Å². The lowest BCUT2D eigenvalue weighted by Gasteiger charge is -2.24. The van der Waals surface area contributed by atoms with Crippen LogP contribution in [0.1, 0.15) is 24.2 Å². The number of sulfone groups is 1. The number of nitrogens with zero attached hydrogens (tertiary/aromatic N) is 3. The summed E-state index contributed by atoms with van der Waals surface area (Å²) in [6.45, 7) is 6.89. The molecule has 2 aromatic carbocycles. The fraction of sp³-hybridized carbons (Fsp3) is 0.333. The normalized spacial score (nSPS) is 11.5. The van der Waals surface area contributed by atoms with E-state index in [2.05, 4.69) is 23.7 Å². The van der Waals surface area contributed by atoms with Gasteiger partial charge in [-0.05, 0) is 55.6 Å². The van der Waals surface area contributed by atoms with Gasteiger partial charge in [0.15, 0.2) is 15.0 Å². The Labute approximate surface area is 192 Å². The van der Waals surface area contributed by atoms with E-state index in [1.807, 2.05) is 0 Å². The third-order valence-corrected chi connectivity index (χ3v) is 7.03. The molecule has 0 aliphatic carbocycles. The first-order chi connectivity index (χ1) is 14.2. The smallest absolute Gasteiger partial charge is 0.260 e. The second-order valence-corrected chi connectivity index (χ2v) is 9.91. The average Bonchev–Trinajstić information content (AvgIpc) is 3.13. The maximum Gasteiger partial charge on any atom is 0.260 e. The molecule has 0 radical (unpaired) electrons. The third kappa shape index (κ3) is 6.00. The number of aromatic nitrogens is 1. The zero-order valence-electron chi connectivity index (χ0n) is 17.5. The molecule has 0 bridgehead atoms. The van der Waals surface area contributed by atoms with Crippen LogP contribution in [0, 0.1) is 5.82 Å². The van der Waals surface area contributed by atoms with Gasteiger partial charge in [0, 0.05) is 24.9 Å². The molecule has 6 nitrogen and oxygen atoms in total. The minimum Gasteiger partial charge on any atom is -0.302 e. The summed E-state index contributed by atoms with van der Waals surface area (Å²) in [6, 6.07) is 10.2. The Morgan fingerprint density at radius 3 is 2.29 bits per heavy atom. The predicted molar refractivity (Wildman–Crippen MR) is 126 cm³/mol. The van der Waals surface area contributed by atoms with Crippen LogP contribution in [0.25, 0.3) is 10.2 Å². The number of halogens is 2. The van der Waals surface area contributed by atoms with Crippen molar-refractivity contribution in [2.24, 2.45) is 0 Å². The Bertz CT molecular complexity index is 1150. The van der Waals surface area contributed by atoms with E-state index >= 15 is 0 Å². The number of thiazole rings is 1. The first kappa shape index (κ1) is 25.2. The molecular formula is C21H25ClFN3O3S2. The molecule has 0 fully saturated rings. The van der Waals surface area contributed by atoms with E-state index in [-0.39, 0.29) is 23.2 Å². The van der Waals surface area contributed by atoms with Gasteiger partial charge >= 0.3 is 0 Å². The third-order valence-electron chi connectivity index (χ3n) is 4.88. The number of likely N-dealkylation sites (N-methyl/N-ethyl adjacent to an activating group) is 1. The molecule has 0 spiro atoms. The maximum absolute atomic E-state index is 13.3. The Morgan fingerprint density at radius 2 is 1.71 bits per heavy atom. The second kappa shape index (κ2) is 10.5. The van der Waals surface area contributed by atoms with Gasteiger partial charge in [-0.25, -0.2) is 17.8 Å². The van der Waals surface area contributed by atoms with Gasteiger partial charge in [0.05, 0.1) is 15.1 Å². The van der Waals surface area contributed by atoms with Crippen LogP contribution in [-0.4, -0.2) is 56.6 Å². The van der Waals surface area contributed by atoms with Crippen LogP contribution in [-0.2, 0) is 9.84 Å². The fourth-order valence-electron chi connectivity index (χ4n) is 3.05. The summed E-state index contributed by atoms with van der Waals surface area (Å²) in [5, 5.41) is 0.483. The van der Waals surface area contributed by atoms with Crippen molar-refractivity contribution in [3.8, 4) is 0 Å². The van der Waals surface area contributed by atoms with Crippen LogP contribution < -0.4 is 4.90 Å². The molecule has 0 saturated heterocycles. The zero-order valence-corrected chi connectivity index (χ0v) is 20.0. The highest BCUT2D eigenvalue weighted by Crippen LogP contribution is 2.31. The summed E-state index contributed by atoms with van der Waals surface area (Å²) < 4.78 is 37.7. The summed E-state index contributed by atoms with van der Waals surface area (Å²) in [5.74, 6) is -0.681. The van der Waals surface area contributed by atoms with E-state index in [0.717, 1.165) is 19.3 Å². The molecule has 10 heteroatoms. The van der Waals surface area contributed by atoms with Crippen LogP contribution in [0.4, 0.5) is 9.52 Å². The van der Waals surface area contributed by atoms with E-state index in [0.29, 0.717) is 34.0 Å². The minimum absolute atomic E-state index is 0. The number of carbonyl (C=O) groups is 1. The van der Waals surface area contributed by atoms with Crippen molar-refractivity contribution in [3.05, 3.63) is 53.8 Å². The average molecular weight is 486 g/mol. The lowest BCUT2D eigenvalue weighted by molar-refractivity contribution is 0.0983. The number of hydrogen-bond donors (Lipinski definition) is 0. The van der Waals surface area contributed by atoms with Crippen LogP contribution >= 0.6 is 23.7 Å². The molecule has 0 N–H and O–H groups in total. The highest BCUT2D eigenvalue weighted by Gasteiger charge is 2.22. The second-order valence-electron chi connectivity index (χ2n) is 6.89. The summed E-state index contributed by atoms with van der Waals surface area (Å²) in [7, 11) is -3.34. The van der Waals surface area contributed by atoms with Gasteiger partial charge in [0.1, 0.15) is 5.82 Å². The van der Waals surface area contributed by atoms with Gasteiger partial charge in [-0.2, -0.15) is 0 Å². The number of rotatable bonds is 8. The highest BCUT2D eigenvalue weighted by molar-refractivity contribution is 7.90. The molecule has 1 amide bonds. The van der Waals surface area contributed by atoms with Crippen LogP contribution in [0.3, 0.4) is 0 Å². The molecule has 1 heterocycles. The molecule has 3 rings (SSSR count). The van der Waals surface area contributed by atoms with E-state index < -0.39 is 15.7 Å². The van der Waals surface area contributed by atoms with Crippen molar-refractivity contribution in [2.45, 2.75) is 18.7 Å². The Hall–Kier alpha value is -2.07. The Morgan fingerprint density at radius 1 is 1.06 bits per heavy atom. The van der Waals surface area contributed by atoms with E-state index in [1.54, 1.807) is 17.0 Å². The van der Waals surface area contributed by atoms with Gasteiger partial charge < -0.3 is 4.90 Å². The van der Waals surface area contributed by atoms with Crippen LogP contribution in [0.5, 0.6) is 0 Å². The monoisotopic (exact) mass is 485 g/mol. The molecule has 168 valence electrons. The first-order valence-electron chi connectivity index (χ1n) is 9.63. The standard InChI is InChI=1S/C21H24FN3O3S2.ClH/c1-4-24(5-2)12-13-25(20(26)15-6-8-16(22)9-7-15)21-23-18-11-10-17(30(3,27)28)14-19(18)29-21;/h6-11,14H,4-5,12-13H2,1-3H3;1H.